The van der Waals surface area contributed by atoms with Gasteiger partial charge in [-0.2, -0.15) is 0 Å². The summed E-state index contributed by atoms with van der Waals surface area (Å²) in [6, 6.07) is 0. The van der Waals surface area contributed by atoms with E-state index >= 15 is 0 Å². The Balaban J connectivity index is 3.06. The van der Waals surface area contributed by atoms with Crippen LogP contribution in [0.15, 0.2) is 12.2 Å². The van der Waals surface area contributed by atoms with Crippen LogP contribution < -0.4 is 5.73 Å². The SMILES string of the molecule is CCCCCC/C=C\CCCCCC(N)=O. The van der Waals surface area contributed by atoms with Crippen molar-refractivity contribution in [2.24, 2.45) is 5.73 Å². The van der Waals surface area contributed by atoms with Crippen LogP contribution in [-0.2, 0) is 4.79 Å². The first-order valence-electron chi connectivity index (χ1n) is 6.70. The zero-order valence-corrected chi connectivity index (χ0v) is 10.7. The van der Waals surface area contributed by atoms with Crippen LogP contribution >= 0.6 is 0 Å². The summed E-state index contributed by atoms with van der Waals surface area (Å²) in [6.07, 6.45) is 16.1. The second kappa shape index (κ2) is 12.3. The number of amides is 1. The third-order valence-electron chi connectivity index (χ3n) is 2.68. The number of hydrogen-bond acceptors (Lipinski definition) is 1. The monoisotopic (exact) mass is 225 g/mol. The minimum Gasteiger partial charge on any atom is -0.370 e. The maximum absolute atomic E-state index is 10.5. The second-order valence-electron chi connectivity index (χ2n) is 4.39. The van der Waals surface area contributed by atoms with Gasteiger partial charge in [-0.25, -0.2) is 0 Å². The van der Waals surface area contributed by atoms with Crippen LogP contribution in [0.2, 0.25) is 0 Å². The van der Waals surface area contributed by atoms with Crippen molar-refractivity contribution < 1.29 is 4.79 Å². The Bertz CT molecular complexity index is 187. The average Bonchev–Trinajstić information content (AvgIpc) is 2.25. The first-order chi connectivity index (χ1) is 7.77. The average molecular weight is 225 g/mol. The second-order valence-corrected chi connectivity index (χ2v) is 4.39. The molecule has 0 heterocycles. The number of rotatable bonds is 11. The highest BCUT2D eigenvalue weighted by atomic mass is 16.1. The zero-order valence-electron chi connectivity index (χ0n) is 10.7. The predicted octanol–water partition coefficient (Wildman–Crippen LogP) is 3.95. The van der Waals surface area contributed by atoms with Crippen molar-refractivity contribution >= 4 is 5.91 Å². The largest absolute Gasteiger partial charge is 0.370 e. The molecule has 0 aliphatic carbocycles. The van der Waals surface area contributed by atoms with Gasteiger partial charge in [0.2, 0.25) is 5.91 Å². The molecule has 0 aliphatic rings. The first kappa shape index (κ1) is 15.2. The summed E-state index contributed by atoms with van der Waals surface area (Å²) < 4.78 is 0. The van der Waals surface area contributed by atoms with Crippen molar-refractivity contribution in [1.82, 2.24) is 0 Å². The number of hydrogen-bond donors (Lipinski definition) is 1. The van der Waals surface area contributed by atoms with Crippen LogP contribution in [0, 0.1) is 0 Å². The van der Waals surface area contributed by atoms with E-state index in [4.69, 9.17) is 5.73 Å². The van der Waals surface area contributed by atoms with Crippen LogP contribution in [0.4, 0.5) is 0 Å². The van der Waals surface area contributed by atoms with Gasteiger partial charge in [-0.3, -0.25) is 4.79 Å². The summed E-state index contributed by atoms with van der Waals surface area (Å²) in [4.78, 5) is 10.5. The summed E-state index contributed by atoms with van der Waals surface area (Å²) in [5.74, 6) is -0.175. The van der Waals surface area contributed by atoms with Crippen molar-refractivity contribution in [1.29, 1.82) is 0 Å². The molecule has 0 radical (unpaired) electrons. The topological polar surface area (TPSA) is 43.1 Å². The Hall–Kier alpha value is -0.790. The van der Waals surface area contributed by atoms with Gasteiger partial charge in [0.15, 0.2) is 0 Å². The minimum absolute atomic E-state index is 0.175. The van der Waals surface area contributed by atoms with Crippen molar-refractivity contribution in [3.8, 4) is 0 Å². The Morgan fingerprint density at radius 3 is 2.00 bits per heavy atom. The van der Waals surface area contributed by atoms with Crippen LogP contribution in [0.25, 0.3) is 0 Å². The van der Waals surface area contributed by atoms with E-state index in [0.29, 0.717) is 6.42 Å². The Kier molecular flexibility index (Phi) is 11.7. The molecule has 2 N–H and O–H groups in total. The van der Waals surface area contributed by atoms with Crippen molar-refractivity contribution in [2.75, 3.05) is 0 Å². The molecule has 0 saturated heterocycles. The molecule has 0 aliphatic heterocycles. The molecule has 0 bridgehead atoms. The number of carbonyl (C=O) groups is 1. The van der Waals surface area contributed by atoms with E-state index in [1.807, 2.05) is 0 Å². The van der Waals surface area contributed by atoms with Gasteiger partial charge in [-0.15, -0.1) is 0 Å². The Morgan fingerprint density at radius 2 is 1.50 bits per heavy atom. The molecule has 0 aromatic carbocycles. The quantitative estimate of drug-likeness (QED) is 0.420. The molecule has 0 atom stereocenters. The molecule has 0 rings (SSSR count). The lowest BCUT2D eigenvalue weighted by Crippen LogP contribution is -2.09. The fourth-order valence-electron chi connectivity index (χ4n) is 1.66. The minimum atomic E-state index is -0.175. The van der Waals surface area contributed by atoms with Crippen LogP contribution in [-0.4, -0.2) is 5.91 Å². The highest BCUT2D eigenvalue weighted by molar-refractivity contribution is 5.73. The summed E-state index contributed by atoms with van der Waals surface area (Å²) >= 11 is 0. The molecular weight excluding hydrogens is 198 g/mol. The lowest BCUT2D eigenvalue weighted by atomic mass is 10.1. The van der Waals surface area contributed by atoms with Gasteiger partial charge in [-0.1, -0.05) is 44.8 Å². The molecule has 2 heteroatoms. The predicted molar refractivity (Wildman–Crippen MR) is 70.2 cm³/mol. The first-order valence-corrected chi connectivity index (χ1v) is 6.70. The van der Waals surface area contributed by atoms with E-state index in [1.165, 1.54) is 38.5 Å². The molecule has 0 aromatic heterocycles. The lowest BCUT2D eigenvalue weighted by molar-refractivity contribution is -0.118. The van der Waals surface area contributed by atoms with E-state index in [1.54, 1.807) is 0 Å². The van der Waals surface area contributed by atoms with Crippen LogP contribution in [0.5, 0.6) is 0 Å². The summed E-state index contributed by atoms with van der Waals surface area (Å²) in [7, 11) is 0. The van der Waals surface area contributed by atoms with Crippen LogP contribution in [0.3, 0.4) is 0 Å². The van der Waals surface area contributed by atoms with Gasteiger partial charge in [0.1, 0.15) is 0 Å². The summed E-state index contributed by atoms with van der Waals surface area (Å²) in [6.45, 7) is 2.24. The Labute approximate surface area is 100 Å². The molecule has 1 amide bonds. The maximum atomic E-state index is 10.5. The van der Waals surface area contributed by atoms with E-state index in [2.05, 4.69) is 19.1 Å². The van der Waals surface area contributed by atoms with Gasteiger partial charge in [0.25, 0.3) is 0 Å². The number of unbranched alkanes of at least 4 members (excludes halogenated alkanes) is 7. The third-order valence-corrected chi connectivity index (χ3v) is 2.68. The molecule has 0 fully saturated rings. The number of carbonyl (C=O) groups excluding carboxylic acids is 1. The van der Waals surface area contributed by atoms with E-state index < -0.39 is 0 Å². The lowest BCUT2D eigenvalue weighted by Gasteiger charge is -1.96. The van der Waals surface area contributed by atoms with Crippen molar-refractivity contribution in [3.63, 3.8) is 0 Å². The highest BCUT2D eigenvalue weighted by Gasteiger charge is 1.93. The molecular formula is C14H27NO. The third kappa shape index (κ3) is 13.2. The molecule has 0 spiro atoms. The maximum Gasteiger partial charge on any atom is 0.217 e. The smallest absolute Gasteiger partial charge is 0.217 e. The molecule has 0 saturated carbocycles. The molecule has 2 nitrogen and oxygen atoms in total. The molecule has 0 unspecified atom stereocenters. The van der Waals surface area contributed by atoms with E-state index in [0.717, 1.165) is 19.3 Å². The zero-order chi connectivity index (χ0) is 12.1. The Morgan fingerprint density at radius 1 is 0.938 bits per heavy atom. The molecule has 94 valence electrons. The number of allylic oxidation sites excluding steroid dienone is 2. The number of primary amides is 1. The van der Waals surface area contributed by atoms with Gasteiger partial charge >= 0.3 is 0 Å². The normalized spacial score (nSPS) is 11.1. The van der Waals surface area contributed by atoms with E-state index in [-0.39, 0.29) is 5.91 Å². The summed E-state index contributed by atoms with van der Waals surface area (Å²) in [5.41, 5.74) is 5.06. The van der Waals surface area contributed by atoms with Gasteiger partial charge in [-0.05, 0) is 32.1 Å². The summed E-state index contributed by atoms with van der Waals surface area (Å²) in [5, 5.41) is 0. The highest BCUT2D eigenvalue weighted by Crippen LogP contribution is 2.06. The number of nitrogens with two attached hydrogens (primary N) is 1. The van der Waals surface area contributed by atoms with E-state index in [9.17, 15) is 4.79 Å². The van der Waals surface area contributed by atoms with Crippen molar-refractivity contribution in [2.45, 2.75) is 71.1 Å². The standard InChI is InChI=1S/C14H27NO/c1-2-3-4-5-6-7-8-9-10-11-12-13-14(15)16/h7-8H,2-6,9-13H2,1H3,(H2,15,16)/b8-7-. The molecule has 0 aromatic rings. The van der Waals surface area contributed by atoms with Gasteiger partial charge in [0.05, 0.1) is 0 Å². The fraction of sp³-hybridized carbons (Fsp3) is 0.786. The molecule has 16 heavy (non-hydrogen) atoms. The van der Waals surface area contributed by atoms with Crippen molar-refractivity contribution in [3.05, 3.63) is 12.2 Å². The van der Waals surface area contributed by atoms with Gasteiger partial charge < -0.3 is 5.73 Å². The fourth-order valence-corrected chi connectivity index (χ4v) is 1.66. The van der Waals surface area contributed by atoms with Crippen LogP contribution in [0.1, 0.15) is 71.1 Å². The van der Waals surface area contributed by atoms with Gasteiger partial charge in [0, 0.05) is 6.42 Å².